The second-order valence-electron chi connectivity index (χ2n) is 5.15. The number of nitro groups is 1. The number of hydrogen-bond donors (Lipinski definition) is 1. The molecule has 2 N–H and O–H groups in total. The van der Waals surface area contributed by atoms with E-state index in [0.29, 0.717) is 35.6 Å². The van der Waals surface area contributed by atoms with Crippen LogP contribution in [0.3, 0.4) is 0 Å². The van der Waals surface area contributed by atoms with Crippen molar-refractivity contribution in [1.82, 2.24) is 4.90 Å². The SMILES string of the molecule is CC1CC(CN)CN1Cc1cc(Cl)ccc1[N+](=O)[O-]. The Morgan fingerprint density at radius 2 is 2.32 bits per heavy atom. The average Bonchev–Trinajstić information content (AvgIpc) is 2.70. The van der Waals surface area contributed by atoms with E-state index in [0.717, 1.165) is 13.0 Å². The minimum absolute atomic E-state index is 0.132. The molecule has 1 saturated heterocycles. The van der Waals surface area contributed by atoms with E-state index in [2.05, 4.69) is 11.8 Å². The van der Waals surface area contributed by atoms with E-state index in [1.54, 1.807) is 12.1 Å². The van der Waals surface area contributed by atoms with Gasteiger partial charge in [0.2, 0.25) is 0 Å². The van der Waals surface area contributed by atoms with Gasteiger partial charge in [-0.3, -0.25) is 15.0 Å². The molecule has 1 aliphatic heterocycles. The third-order valence-corrected chi connectivity index (χ3v) is 3.97. The smallest absolute Gasteiger partial charge is 0.273 e. The maximum Gasteiger partial charge on any atom is 0.273 e. The zero-order valence-electron chi connectivity index (χ0n) is 10.9. The molecule has 6 heteroatoms. The molecule has 2 atom stereocenters. The molecule has 0 spiro atoms. The molecule has 0 aliphatic carbocycles. The first-order valence-electron chi connectivity index (χ1n) is 6.38. The van der Waals surface area contributed by atoms with Gasteiger partial charge in [-0.15, -0.1) is 0 Å². The number of rotatable bonds is 4. The Morgan fingerprint density at radius 3 is 2.89 bits per heavy atom. The van der Waals surface area contributed by atoms with E-state index in [9.17, 15) is 10.1 Å². The van der Waals surface area contributed by atoms with Gasteiger partial charge in [-0.25, -0.2) is 0 Å². The van der Waals surface area contributed by atoms with Gasteiger partial charge in [-0.05, 0) is 37.9 Å². The highest BCUT2D eigenvalue weighted by Gasteiger charge is 2.29. The fourth-order valence-corrected chi connectivity index (χ4v) is 2.88. The van der Waals surface area contributed by atoms with Crippen LogP contribution >= 0.6 is 11.6 Å². The fraction of sp³-hybridized carbons (Fsp3) is 0.538. The highest BCUT2D eigenvalue weighted by Crippen LogP contribution is 2.29. The van der Waals surface area contributed by atoms with Crippen LogP contribution in [0.4, 0.5) is 5.69 Å². The molecule has 0 bridgehead atoms. The van der Waals surface area contributed by atoms with E-state index >= 15 is 0 Å². The molecular weight excluding hydrogens is 266 g/mol. The summed E-state index contributed by atoms with van der Waals surface area (Å²) in [7, 11) is 0. The molecule has 0 amide bonds. The second-order valence-corrected chi connectivity index (χ2v) is 5.58. The van der Waals surface area contributed by atoms with Crippen molar-refractivity contribution in [2.24, 2.45) is 11.7 Å². The maximum atomic E-state index is 11.0. The summed E-state index contributed by atoms with van der Waals surface area (Å²) in [5.74, 6) is 0.480. The van der Waals surface area contributed by atoms with Crippen LogP contribution in [0.25, 0.3) is 0 Å². The maximum absolute atomic E-state index is 11.0. The lowest BCUT2D eigenvalue weighted by molar-refractivity contribution is -0.385. The highest BCUT2D eigenvalue weighted by atomic mass is 35.5. The predicted octanol–water partition coefficient (Wildman–Crippen LogP) is 2.42. The van der Waals surface area contributed by atoms with Crippen LogP contribution in [0.2, 0.25) is 5.02 Å². The van der Waals surface area contributed by atoms with Gasteiger partial charge in [0.05, 0.1) is 4.92 Å². The van der Waals surface area contributed by atoms with E-state index < -0.39 is 0 Å². The summed E-state index contributed by atoms with van der Waals surface area (Å²) in [6.07, 6.45) is 1.05. The van der Waals surface area contributed by atoms with Gasteiger partial charge in [0, 0.05) is 35.8 Å². The van der Waals surface area contributed by atoms with Gasteiger partial charge in [0.25, 0.3) is 5.69 Å². The number of hydrogen-bond acceptors (Lipinski definition) is 4. The van der Waals surface area contributed by atoms with E-state index in [1.165, 1.54) is 6.07 Å². The lowest BCUT2D eigenvalue weighted by Crippen LogP contribution is -2.27. The normalized spacial score (nSPS) is 23.7. The monoisotopic (exact) mass is 283 g/mol. The molecule has 1 aliphatic rings. The Labute approximate surface area is 117 Å². The van der Waals surface area contributed by atoms with Gasteiger partial charge in [0.15, 0.2) is 0 Å². The Balaban J connectivity index is 2.19. The van der Waals surface area contributed by atoms with Crippen molar-refractivity contribution in [2.45, 2.75) is 25.9 Å². The molecule has 0 aromatic heterocycles. The molecule has 0 radical (unpaired) electrons. The molecule has 1 fully saturated rings. The molecule has 19 heavy (non-hydrogen) atoms. The lowest BCUT2D eigenvalue weighted by atomic mass is 10.1. The Morgan fingerprint density at radius 1 is 1.58 bits per heavy atom. The Bertz CT molecular complexity index is 481. The van der Waals surface area contributed by atoms with Crippen molar-refractivity contribution in [3.63, 3.8) is 0 Å². The minimum atomic E-state index is -0.354. The summed E-state index contributed by atoms with van der Waals surface area (Å²) in [6.45, 7) is 4.24. The van der Waals surface area contributed by atoms with E-state index in [1.807, 2.05) is 0 Å². The molecule has 1 aromatic carbocycles. The molecule has 1 heterocycles. The van der Waals surface area contributed by atoms with Crippen molar-refractivity contribution < 1.29 is 4.92 Å². The van der Waals surface area contributed by atoms with Crippen molar-refractivity contribution in [2.75, 3.05) is 13.1 Å². The van der Waals surface area contributed by atoms with Crippen molar-refractivity contribution in [3.8, 4) is 0 Å². The van der Waals surface area contributed by atoms with Crippen LogP contribution in [0.5, 0.6) is 0 Å². The zero-order chi connectivity index (χ0) is 14.0. The molecule has 2 rings (SSSR count). The first kappa shape index (κ1) is 14.2. The van der Waals surface area contributed by atoms with Crippen LogP contribution < -0.4 is 5.73 Å². The third-order valence-electron chi connectivity index (χ3n) is 3.74. The topological polar surface area (TPSA) is 72.4 Å². The zero-order valence-corrected chi connectivity index (χ0v) is 11.6. The van der Waals surface area contributed by atoms with E-state index in [-0.39, 0.29) is 10.6 Å². The first-order chi connectivity index (χ1) is 9.01. The van der Waals surface area contributed by atoms with Crippen LogP contribution in [0.1, 0.15) is 18.9 Å². The van der Waals surface area contributed by atoms with Crippen molar-refractivity contribution in [1.29, 1.82) is 0 Å². The summed E-state index contributed by atoms with van der Waals surface area (Å²) in [5.41, 5.74) is 6.50. The first-order valence-corrected chi connectivity index (χ1v) is 6.76. The van der Waals surface area contributed by atoms with Crippen LogP contribution in [-0.4, -0.2) is 29.0 Å². The summed E-state index contributed by atoms with van der Waals surface area (Å²) in [4.78, 5) is 12.9. The molecule has 2 unspecified atom stereocenters. The molecule has 5 nitrogen and oxygen atoms in total. The Hall–Kier alpha value is -1.17. The minimum Gasteiger partial charge on any atom is -0.330 e. The largest absolute Gasteiger partial charge is 0.330 e. The van der Waals surface area contributed by atoms with Crippen LogP contribution in [0, 0.1) is 16.0 Å². The standard InChI is InChI=1S/C13H18ClN3O2/c1-9-4-10(6-15)7-16(9)8-11-5-12(14)2-3-13(11)17(18)19/h2-3,5,9-10H,4,6-8,15H2,1H3. The van der Waals surface area contributed by atoms with Gasteiger partial charge < -0.3 is 5.73 Å². The average molecular weight is 284 g/mol. The molecule has 1 aromatic rings. The van der Waals surface area contributed by atoms with Gasteiger partial charge in [0.1, 0.15) is 0 Å². The third kappa shape index (κ3) is 3.23. The number of nitrogens with two attached hydrogens (primary N) is 1. The highest BCUT2D eigenvalue weighted by molar-refractivity contribution is 6.30. The number of nitro benzene ring substituents is 1. The van der Waals surface area contributed by atoms with Crippen LogP contribution in [-0.2, 0) is 6.54 Å². The van der Waals surface area contributed by atoms with Gasteiger partial charge in [-0.1, -0.05) is 11.6 Å². The molecular formula is C13H18ClN3O2. The van der Waals surface area contributed by atoms with Crippen LogP contribution in [0.15, 0.2) is 18.2 Å². The van der Waals surface area contributed by atoms with Gasteiger partial charge in [-0.2, -0.15) is 0 Å². The summed E-state index contributed by atoms with van der Waals surface area (Å²) in [6, 6.07) is 5.10. The van der Waals surface area contributed by atoms with E-state index in [4.69, 9.17) is 17.3 Å². The lowest BCUT2D eigenvalue weighted by Gasteiger charge is -2.21. The summed E-state index contributed by atoms with van der Waals surface area (Å²) in [5, 5.41) is 11.6. The van der Waals surface area contributed by atoms with Crippen molar-refractivity contribution >= 4 is 17.3 Å². The quantitative estimate of drug-likeness (QED) is 0.680. The predicted molar refractivity (Wildman–Crippen MR) is 75.1 cm³/mol. The second kappa shape index (κ2) is 5.86. The number of halogens is 1. The number of likely N-dealkylation sites (tertiary alicyclic amines) is 1. The fourth-order valence-electron chi connectivity index (χ4n) is 2.69. The number of benzene rings is 1. The molecule has 104 valence electrons. The molecule has 0 saturated carbocycles. The number of nitrogens with zero attached hydrogens (tertiary/aromatic N) is 2. The summed E-state index contributed by atoms with van der Waals surface area (Å²) >= 11 is 5.94. The van der Waals surface area contributed by atoms with Crippen molar-refractivity contribution in [3.05, 3.63) is 38.9 Å². The summed E-state index contributed by atoms with van der Waals surface area (Å²) < 4.78 is 0. The van der Waals surface area contributed by atoms with Gasteiger partial charge >= 0.3 is 0 Å². The Kier molecular flexibility index (Phi) is 4.39.